The average Bonchev–Trinajstić information content (AvgIpc) is 3.20. The van der Waals surface area contributed by atoms with Crippen molar-refractivity contribution in [1.82, 2.24) is 9.55 Å². The van der Waals surface area contributed by atoms with Crippen LogP contribution in [0.3, 0.4) is 0 Å². The molecule has 0 spiro atoms. The summed E-state index contributed by atoms with van der Waals surface area (Å²) in [5.41, 5.74) is 5.00. The molecule has 0 saturated heterocycles. The van der Waals surface area contributed by atoms with Crippen molar-refractivity contribution in [2.24, 2.45) is 7.05 Å². The van der Waals surface area contributed by atoms with Gasteiger partial charge >= 0.3 is 0 Å². The van der Waals surface area contributed by atoms with E-state index in [1.807, 2.05) is 61.9 Å². The zero-order chi connectivity index (χ0) is 18.1. The maximum Gasteiger partial charge on any atom is 0.228 e. The second-order valence-corrected chi connectivity index (χ2v) is 7.40. The van der Waals surface area contributed by atoms with E-state index in [0.29, 0.717) is 6.42 Å². The first kappa shape index (κ1) is 16.5. The molecule has 0 bridgehead atoms. The Balaban J connectivity index is 1.48. The third-order valence-electron chi connectivity index (χ3n) is 4.41. The van der Waals surface area contributed by atoms with E-state index in [1.54, 1.807) is 11.3 Å². The predicted molar refractivity (Wildman–Crippen MR) is 108 cm³/mol. The van der Waals surface area contributed by atoms with E-state index in [9.17, 15) is 4.79 Å². The van der Waals surface area contributed by atoms with Gasteiger partial charge in [-0.25, -0.2) is 4.98 Å². The normalized spacial score (nSPS) is 11.0. The van der Waals surface area contributed by atoms with Gasteiger partial charge in [0, 0.05) is 40.8 Å². The fourth-order valence-corrected chi connectivity index (χ4v) is 3.79. The Labute approximate surface area is 156 Å². The van der Waals surface area contributed by atoms with Gasteiger partial charge in [0.25, 0.3) is 0 Å². The highest BCUT2D eigenvalue weighted by Gasteiger charge is 2.11. The van der Waals surface area contributed by atoms with Crippen LogP contribution in [-0.2, 0) is 18.3 Å². The molecule has 0 radical (unpaired) electrons. The van der Waals surface area contributed by atoms with Gasteiger partial charge in [-0.3, -0.25) is 4.79 Å². The molecule has 4 nitrogen and oxygen atoms in total. The molecule has 2 heterocycles. The van der Waals surface area contributed by atoms with Crippen molar-refractivity contribution in [3.05, 3.63) is 70.7 Å². The molecular formula is C21H19N3OS. The fraction of sp³-hybridized carbons (Fsp3) is 0.143. The first-order chi connectivity index (χ1) is 12.6. The second kappa shape index (κ2) is 6.77. The minimum atomic E-state index is -0.0152. The van der Waals surface area contributed by atoms with Crippen LogP contribution in [0.2, 0.25) is 0 Å². The largest absolute Gasteiger partial charge is 0.350 e. The first-order valence-electron chi connectivity index (χ1n) is 8.45. The van der Waals surface area contributed by atoms with E-state index in [2.05, 4.69) is 27.0 Å². The molecule has 0 atom stereocenters. The Kier molecular flexibility index (Phi) is 4.31. The number of carbonyl (C=O) groups excluding carboxylic acids is 1. The lowest BCUT2D eigenvalue weighted by Gasteiger charge is -2.06. The number of aromatic nitrogens is 2. The lowest BCUT2D eigenvalue weighted by molar-refractivity contribution is -0.115. The summed E-state index contributed by atoms with van der Waals surface area (Å²) >= 11 is 1.64. The number of amides is 1. The number of fused-ring (bicyclic) bond motifs is 1. The van der Waals surface area contributed by atoms with E-state index in [-0.39, 0.29) is 5.91 Å². The summed E-state index contributed by atoms with van der Waals surface area (Å²) in [6.45, 7) is 2.00. The van der Waals surface area contributed by atoms with Gasteiger partial charge < -0.3 is 9.88 Å². The number of carbonyl (C=O) groups is 1. The van der Waals surface area contributed by atoms with Crippen LogP contribution in [0.5, 0.6) is 0 Å². The molecule has 1 amide bonds. The Morgan fingerprint density at radius 1 is 1.15 bits per heavy atom. The number of thiazole rings is 1. The summed E-state index contributed by atoms with van der Waals surface area (Å²) in [6, 6.07) is 16.0. The van der Waals surface area contributed by atoms with Crippen LogP contribution in [0.15, 0.2) is 60.1 Å². The van der Waals surface area contributed by atoms with Gasteiger partial charge in [0.2, 0.25) is 5.91 Å². The molecule has 4 aromatic rings. The molecule has 5 heteroatoms. The number of nitrogens with one attached hydrogen (secondary N) is 1. The molecule has 0 unspecified atom stereocenters. The summed E-state index contributed by atoms with van der Waals surface area (Å²) in [6.07, 6.45) is 2.38. The van der Waals surface area contributed by atoms with Crippen molar-refractivity contribution in [3.63, 3.8) is 0 Å². The lowest BCUT2D eigenvalue weighted by Crippen LogP contribution is -2.14. The zero-order valence-electron chi connectivity index (χ0n) is 14.7. The third kappa shape index (κ3) is 3.26. The van der Waals surface area contributed by atoms with Crippen LogP contribution >= 0.6 is 11.3 Å². The summed E-state index contributed by atoms with van der Waals surface area (Å²) in [5.74, 6) is -0.0152. The van der Waals surface area contributed by atoms with Crippen molar-refractivity contribution in [3.8, 4) is 11.3 Å². The minimum Gasteiger partial charge on any atom is -0.350 e. The number of hydrogen-bond acceptors (Lipinski definition) is 3. The quantitative estimate of drug-likeness (QED) is 0.568. The number of aryl methyl sites for hydroxylation is 2. The Bertz CT molecular complexity index is 1080. The van der Waals surface area contributed by atoms with E-state index < -0.39 is 0 Å². The van der Waals surface area contributed by atoms with Gasteiger partial charge in [-0.1, -0.05) is 30.3 Å². The van der Waals surface area contributed by atoms with Gasteiger partial charge in [0.05, 0.1) is 17.1 Å². The van der Waals surface area contributed by atoms with Crippen molar-refractivity contribution in [2.45, 2.75) is 13.3 Å². The lowest BCUT2D eigenvalue weighted by atomic mass is 10.1. The molecule has 26 heavy (non-hydrogen) atoms. The number of para-hydroxylation sites is 1. The van der Waals surface area contributed by atoms with E-state index in [4.69, 9.17) is 0 Å². The highest BCUT2D eigenvalue weighted by atomic mass is 32.1. The smallest absolute Gasteiger partial charge is 0.228 e. The Hall–Kier alpha value is -2.92. The zero-order valence-corrected chi connectivity index (χ0v) is 15.5. The number of anilines is 1. The minimum absolute atomic E-state index is 0.0152. The monoisotopic (exact) mass is 361 g/mol. The first-order valence-corrected chi connectivity index (χ1v) is 9.33. The summed E-state index contributed by atoms with van der Waals surface area (Å²) in [4.78, 5) is 16.9. The van der Waals surface area contributed by atoms with Crippen LogP contribution < -0.4 is 5.32 Å². The maximum absolute atomic E-state index is 12.5. The molecule has 2 aromatic carbocycles. The topological polar surface area (TPSA) is 46.9 Å². The number of rotatable bonds is 4. The van der Waals surface area contributed by atoms with Crippen LogP contribution in [0.1, 0.15) is 10.6 Å². The van der Waals surface area contributed by atoms with Crippen LogP contribution in [-0.4, -0.2) is 15.5 Å². The average molecular weight is 361 g/mol. The highest BCUT2D eigenvalue weighted by Crippen LogP contribution is 2.24. The van der Waals surface area contributed by atoms with E-state index in [0.717, 1.165) is 38.4 Å². The SMILES string of the molecule is Cc1nc(-c2ccc(NC(=O)Cc3cn(C)c4ccccc34)cc2)cs1. The molecule has 0 aliphatic carbocycles. The van der Waals surface area contributed by atoms with Gasteiger partial charge in [-0.05, 0) is 30.7 Å². The van der Waals surface area contributed by atoms with Gasteiger partial charge in [-0.15, -0.1) is 11.3 Å². The molecule has 0 aliphatic rings. The summed E-state index contributed by atoms with van der Waals surface area (Å²) < 4.78 is 2.06. The second-order valence-electron chi connectivity index (χ2n) is 6.34. The molecule has 4 rings (SSSR count). The van der Waals surface area contributed by atoms with Gasteiger partial charge in [-0.2, -0.15) is 0 Å². The van der Waals surface area contributed by atoms with Crippen molar-refractivity contribution in [1.29, 1.82) is 0 Å². The molecule has 130 valence electrons. The summed E-state index contributed by atoms with van der Waals surface area (Å²) in [7, 11) is 2.00. The van der Waals surface area contributed by atoms with Crippen LogP contribution in [0.4, 0.5) is 5.69 Å². The maximum atomic E-state index is 12.5. The van der Waals surface area contributed by atoms with Gasteiger partial charge in [0.1, 0.15) is 0 Å². The number of benzene rings is 2. The number of nitrogens with zero attached hydrogens (tertiary/aromatic N) is 2. The summed E-state index contributed by atoms with van der Waals surface area (Å²) in [5, 5.41) is 7.20. The van der Waals surface area contributed by atoms with E-state index >= 15 is 0 Å². The Morgan fingerprint density at radius 2 is 1.92 bits per heavy atom. The van der Waals surface area contributed by atoms with Crippen LogP contribution in [0, 0.1) is 6.92 Å². The highest BCUT2D eigenvalue weighted by molar-refractivity contribution is 7.09. The molecule has 0 fully saturated rings. The standard InChI is InChI=1S/C21H19N3OS/c1-14-22-19(13-26-14)15-7-9-17(10-8-15)23-21(25)11-16-12-24(2)20-6-4-3-5-18(16)20/h3-10,12-13H,11H2,1-2H3,(H,23,25). The molecule has 1 N–H and O–H groups in total. The molecular weight excluding hydrogens is 342 g/mol. The number of hydrogen-bond donors (Lipinski definition) is 1. The van der Waals surface area contributed by atoms with Crippen molar-refractivity contribution >= 4 is 33.8 Å². The van der Waals surface area contributed by atoms with Crippen molar-refractivity contribution in [2.75, 3.05) is 5.32 Å². The van der Waals surface area contributed by atoms with Crippen LogP contribution in [0.25, 0.3) is 22.2 Å². The van der Waals surface area contributed by atoms with E-state index in [1.165, 1.54) is 0 Å². The Morgan fingerprint density at radius 3 is 2.65 bits per heavy atom. The fourth-order valence-electron chi connectivity index (χ4n) is 3.16. The molecule has 0 saturated carbocycles. The molecule has 0 aliphatic heterocycles. The molecule has 2 aromatic heterocycles. The van der Waals surface area contributed by atoms with Crippen molar-refractivity contribution < 1.29 is 4.79 Å². The third-order valence-corrected chi connectivity index (χ3v) is 5.19. The van der Waals surface area contributed by atoms with Gasteiger partial charge in [0.15, 0.2) is 0 Å². The predicted octanol–water partition coefficient (Wildman–Crippen LogP) is 4.79.